The smallest absolute Gasteiger partial charge is 0.0720 e. The first-order valence-corrected chi connectivity index (χ1v) is 46.8. The lowest BCUT2D eigenvalue weighted by Crippen LogP contribution is -2.44. The van der Waals surface area contributed by atoms with E-state index in [0.717, 1.165) is 34.1 Å². The van der Waals surface area contributed by atoms with Gasteiger partial charge in [-0.05, 0) is 254 Å². The van der Waals surface area contributed by atoms with Crippen molar-refractivity contribution in [3.05, 3.63) is 563 Å². The Hall–Kier alpha value is -15.6. The highest BCUT2D eigenvalue weighted by Crippen LogP contribution is 2.67. The van der Waals surface area contributed by atoms with Crippen molar-refractivity contribution in [3.63, 3.8) is 0 Å². The Morgan fingerprint density at radius 3 is 0.769 bits per heavy atom. The van der Waals surface area contributed by atoms with E-state index in [1.807, 2.05) is 22.7 Å². The predicted molar refractivity (Wildman–Crippen MR) is 548 cm³/mol. The average Bonchev–Trinajstić information content (AvgIpc) is 1.51. The Morgan fingerprint density at radius 2 is 0.408 bits per heavy atom. The molecule has 2 nitrogen and oxygen atoms in total. The van der Waals surface area contributed by atoms with E-state index in [4.69, 9.17) is 0 Å². The Bertz CT molecular complexity index is 8030. The molecule has 612 valence electrons. The first kappa shape index (κ1) is 76.8. The minimum Gasteiger partial charge on any atom is -0.310 e. The van der Waals surface area contributed by atoms with Gasteiger partial charge in [0.1, 0.15) is 0 Å². The monoisotopic (exact) mass is 1690 g/mol. The molecule has 0 radical (unpaired) electrons. The third kappa shape index (κ3) is 11.8. The van der Waals surface area contributed by atoms with Crippen molar-refractivity contribution >= 4 is 97.1 Å². The van der Waals surface area contributed by atoms with Gasteiger partial charge in [0.05, 0.1) is 16.2 Å². The van der Waals surface area contributed by atoms with Gasteiger partial charge in [0.25, 0.3) is 0 Å². The fourth-order valence-corrected chi connectivity index (χ4v) is 25.1. The summed E-state index contributed by atoms with van der Waals surface area (Å²) in [5.41, 5.74) is 38.4. The Labute approximate surface area is 766 Å². The van der Waals surface area contributed by atoms with Crippen LogP contribution in [0.2, 0.25) is 0 Å². The van der Waals surface area contributed by atoms with Crippen molar-refractivity contribution in [2.24, 2.45) is 0 Å². The van der Waals surface area contributed by atoms with E-state index in [1.165, 1.54) is 185 Å². The van der Waals surface area contributed by atoms with Gasteiger partial charge in [-0.15, -0.1) is 22.7 Å². The minimum atomic E-state index is -0.566. The van der Waals surface area contributed by atoms with Crippen molar-refractivity contribution in [3.8, 4) is 66.8 Å². The van der Waals surface area contributed by atoms with Crippen LogP contribution in [0.25, 0.3) is 107 Å². The van der Waals surface area contributed by atoms with Gasteiger partial charge >= 0.3 is 0 Å². The zero-order chi connectivity index (χ0) is 86.2. The number of hydrogen-bond acceptors (Lipinski definition) is 4. The van der Waals surface area contributed by atoms with Crippen LogP contribution < -0.4 is 9.80 Å². The first-order valence-electron chi connectivity index (χ1n) is 45.2. The second-order valence-electron chi connectivity index (χ2n) is 35.5. The molecule has 0 bridgehead atoms. The fraction of sp³-hybridized carbons (Fsp3) is 0.0476. The minimum absolute atomic E-state index is 0.131. The Balaban J connectivity index is 0.000000142. The maximum absolute atomic E-state index is 2.46. The third-order valence-corrected chi connectivity index (χ3v) is 30.9. The zero-order valence-electron chi connectivity index (χ0n) is 71.9. The summed E-state index contributed by atoms with van der Waals surface area (Å²) in [6.45, 7) is 4.77. The molecule has 4 aliphatic rings. The standard InChI is InChI=1S/C68H45NS.C58H41NS/c1-4-18-46(19-5-1)47-32-37-52(38-33-47)69(53-39-34-48(35-40-53)49-36-43-66-58(44-49)56-25-11-17-31-65(56)70-66)54-41-42-60-57(45-54)55-24-10-12-26-59(55)68(60)63-29-15-13-27-61(63)67(50-20-6-2-7-21-50,51-22-8-3-9-23-51)62-28-14-16-30-64(62)68;1-57(2)51-19-9-11-21-53(51)58(54-22-12-10-20-52(54)57)49-18-8-6-16-45(49)47-37-44(33-34-50(47)58)59(42-29-24-39(25-30-42)38-14-4-3-5-15-38)43-31-26-40(27-32-43)41-28-35-56-48(36-41)46-17-7-13-23-55(46)60-56/h1-45H;3-37H,1-2H3. The molecule has 0 aliphatic heterocycles. The van der Waals surface area contributed by atoms with E-state index in [0.29, 0.717) is 0 Å². The first-order chi connectivity index (χ1) is 64.2. The van der Waals surface area contributed by atoms with Gasteiger partial charge in [0.15, 0.2) is 0 Å². The second-order valence-corrected chi connectivity index (χ2v) is 37.7. The molecule has 0 fully saturated rings. The lowest BCUT2D eigenvalue weighted by Gasteiger charge is -2.50. The van der Waals surface area contributed by atoms with Gasteiger partial charge in [0, 0.05) is 79.9 Å². The van der Waals surface area contributed by atoms with Crippen molar-refractivity contribution in [2.75, 3.05) is 9.80 Å². The number of hydrogen-bond donors (Lipinski definition) is 0. The van der Waals surface area contributed by atoms with E-state index in [2.05, 4.69) is 509 Å². The van der Waals surface area contributed by atoms with E-state index in [-0.39, 0.29) is 5.41 Å². The number of fused-ring (bicyclic) bond motifs is 24. The van der Waals surface area contributed by atoms with Crippen LogP contribution in [0, 0.1) is 0 Å². The molecule has 0 atom stereocenters. The highest BCUT2D eigenvalue weighted by Gasteiger charge is 2.58. The molecule has 20 aromatic carbocycles. The molecule has 0 saturated heterocycles. The van der Waals surface area contributed by atoms with Gasteiger partial charge in [-0.2, -0.15) is 0 Å². The molecule has 26 rings (SSSR count). The zero-order valence-corrected chi connectivity index (χ0v) is 73.5. The number of anilines is 6. The Kier molecular flexibility index (Phi) is 18.1. The molecule has 0 amide bonds. The summed E-state index contributed by atoms with van der Waals surface area (Å²) in [7, 11) is 0. The highest BCUT2D eigenvalue weighted by atomic mass is 32.1. The quantitative estimate of drug-likeness (QED) is 0.120. The van der Waals surface area contributed by atoms with Crippen LogP contribution in [0.1, 0.15) is 91.7 Å². The number of nitrogens with zero attached hydrogens (tertiary/aromatic N) is 2. The molecule has 2 spiro atoms. The van der Waals surface area contributed by atoms with Crippen LogP contribution >= 0.6 is 22.7 Å². The summed E-state index contributed by atoms with van der Waals surface area (Å²) in [4.78, 5) is 4.86. The van der Waals surface area contributed by atoms with Crippen LogP contribution in [0.5, 0.6) is 0 Å². The molecule has 0 N–H and O–H groups in total. The lowest BCUT2D eigenvalue weighted by molar-refractivity contribution is 0.563. The summed E-state index contributed by atoms with van der Waals surface area (Å²) in [6.07, 6.45) is 0. The largest absolute Gasteiger partial charge is 0.310 e. The molecule has 0 saturated carbocycles. The van der Waals surface area contributed by atoms with Crippen LogP contribution in [0.4, 0.5) is 34.1 Å². The second kappa shape index (κ2) is 30.6. The van der Waals surface area contributed by atoms with E-state index in [9.17, 15) is 0 Å². The third-order valence-electron chi connectivity index (χ3n) is 28.6. The number of thiophene rings is 2. The summed E-state index contributed by atoms with van der Waals surface area (Å²) in [5, 5.41) is 5.27. The molecular weight excluding hydrogens is 1610 g/mol. The van der Waals surface area contributed by atoms with E-state index in [1.54, 1.807) is 0 Å². The molecule has 2 heterocycles. The number of rotatable bonds is 12. The maximum atomic E-state index is 2.46. The summed E-state index contributed by atoms with van der Waals surface area (Å²) < 4.78 is 5.30. The summed E-state index contributed by atoms with van der Waals surface area (Å²) in [6, 6.07) is 181. The lowest BCUT2D eigenvalue weighted by atomic mass is 9.51. The van der Waals surface area contributed by atoms with Crippen LogP contribution in [-0.4, -0.2) is 0 Å². The molecule has 0 unspecified atom stereocenters. The van der Waals surface area contributed by atoms with E-state index < -0.39 is 16.2 Å². The van der Waals surface area contributed by atoms with Gasteiger partial charge < -0.3 is 9.80 Å². The predicted octanol–water partition coefficient (Wildman–Crippen LogP) is 33.8. The van der Waals surface area contributed by atoms with Crippen LogP contribution in [-0.2, 0) is 21.7 Å². The molecule has 130 heavy (non-hydrogen) atoms. The molecular formula is C126H86N2S2. The van der Waals surface area contributed by atoms with Gasteiger partial charge in [0.2, 0.25) is 0 Å². The van der Waals surface area contributed by atoms with Crippen molar-refractivity contribution < 1.29 is 0 Å². The fourth-order valence-electron chi connectivity index (χ4n) is 22.9. The summed E-state index contributed by atoms with van der Waals surface area (Å²) >= 11 is 3.73. The van der Waals surface area contributed by atoms with Crippen LogP contribution in [0.3, 0.4) is 0 Å². The molecule has 22 aromatic rings. The molecule has 4 aliphatic carbocycles. The van der Waals surface area contributed by atoms with E-state index >= 15 is 0 Å². The summed E-state index contributed by atoms with van der Waals surface area (Å²) in [5.74, 6) is 0. The SMILES string of the molecule is CC1(C)c2ccccc2C2(c3ccccc3-c3cc(N(c4ccc(-c5ccccc5)cc4)c4ccc(-c5ccc6sc7ccccc7c6c5)cc4)ccc32)c2ccccc21.c1ccc(-c2ccc(N(c3ccc(-c4ccc5sc6ccccc6c5c4)cc3)c3ccc4c(c3)-c3ccccc3C43c4ccccc4C(c4ccccc4)(c4ccccc4)c4ccccc43)cc2)cc1. The van der Waals surface area contributed by atoms with Gasteiger partial charge in [-0.3, -0.25) is 0 Å². The average molecular weight is 1690 g/mol. The molecule has 4 heteroatoms. The normalized spacial score (nSPS) is 13.9. The Morgan fingerprint density at radius 1 is 0.162 bits per heavy atom. The van der Waals surface area contributed by atoms with Gasteiger partial charge in [-0.1, -0.05) is 390 Å². The number of benzene rings is 20. The van der Waals surface area contributed by atoms with Crippen molar-refractivity contribution in [1.82, 2.24) is 0 Å². The van der Waals surface area contributed by atoms with Crippen molar-refractivity contribution in [2.45, 2.75) is 35.5 Å². The van der Waals surface area contributed by atoms with Crippen molar-refractivity contribution in [1.29, 1.82) is 0 Å². The maximum Gasteiger partial charge on any atom is 0.0720 e. The van der Waals surface area contributed by atoms with Crippen LogP contribution in [0.15, 0.2) is 485 Å². The highest BCUT2D eigenvalue weighted by molar-refractivity contribution is 7.26. The molecule has 2 aromatic heterocycles. The topological polar surface area (TPSA) is 6.48 Å². The van der Waals surface area contributed by atoms with Gasteiger partial charge in [-0.25, -0.2) is 0 Å².